The third-order valence-electron chi connectivity index (χ3n) is 5.28. The molecule has 6 heteroatoms. The highest BCUT2D eigenvalue weighted by molar-refractivity contribution is 5.91. The molecule has 0 radical (unpaired) electrons. The second-order valence-corrected chi connectivity index (χ2v) is 7.57. The van der Waals surface area contributed by atoms with Crippen molar-refractivity contribution in [1.29, 1.82) is 0 Å². The molecule has 0 bridgehead atoms. The van der Waals surface area contributed by atoms with Crippen LogP contribution in [0.2, 0.25) is 0 Å². The van der Waals surface area contributed by atoms with Crippen molar-refractivity contribution in [2.45, 2.75) is 19.4 Å². The van der Waals surface area contributed by atoms with Crippen LogP contribution in [0.3, 0.4) is 0 Å². The van der Waals surface area contributed by atoms with Gasteiger partial charge in [-0.05, 0) is 61.6 Å². The Morgan fingerprint density at radius 1 is 1.21 bits per heavy atom. The van der Waals surface area contributed by atoms with Crippen LogP contribution in [0, 0.1) is 5.92 Å². The Hall–Kier alpha value is -2.86. The molecule has 0 amide bonds. The number of ether oxygens (including phenoxy) is 1. The maximum absolute atomic E-state index is 5.94. The van der Waals surface area contributed by atoms with E-state index in [-0.39, 0.29) is 0 Å². The number of likely N-dealkylation sites (tertiary alicyclic amines) is 1. The first-order chi connectivity index (χ1) is 13.7. The number of hydrogen-bond donors (Lipinski definition) is 2. The van der Waals surface area contributed by atoms with Crippen LogP contribution in [0.1, 0.15) is 18.4 Å². The fourth-order valence-electron chi connectivity index (χ4n) is 3.75. The van der Waals surface area contributed by atoms with Gasteiger partial charge in [-0.3, -0.25) is 0 Å². The maximum atomic E-state index is 5.94. The van der Waals surface area contributed by atoms with Gasteiger partial charge in [0, 0.05) is 30.6 Å². The van der Waals surface area contributed by atoms with Crippen LogP contribution in [-0.2, 0) is 6.54 Å². The van der Waals surface area contributed by atoms with Crippen LogP contribution in [-0.4, -0.2) is 41.6 Å². The number of fused-ring (bicyclic) bond motifs is 1. The van der Waals surface area contributed by atoms with E-state index in [2.05, 4.69) is 39.4 Å². The zero-order valence-corrected chi connectivity index (χ0v) is 16.3. The third kappa shape index (κ3) is 4.51. The number of hydrogen-bond acceptors (Lipinski definition) is 6. The number of benzene rings is 1. The smallest absolute Gasteiger partial charge is 0.137 e. The summed E-state index contributed by atoms with van der Waals surface area (Å²) in [6.07, 6.45) is 6.02. The fraction of sp³-hybridized carbons (Fsp3) is 0.364. The topological polar surface area (TPSA) is 76.3 Å². The largest absolute Gasteiger partial charge is 0.492 e. The van der Waals surface area contributed by atoms with E-state index in [0.717, 1.165) is 35.5 Å². The molecule has 3 aromatic rings. The van der Waals surface area contributed by atoms with Gasteiger partial charge >= 0.3 is 0 Å². The Morgan fingerprint density at radius 3 is 2.96 bits per heavy atom. The zero-order chi connectivity index (χ0) is 19.3. The molecular formula is C22H27N5O. The van der Waals surface area contributed by atoms with Gasteiger partial charge in [-0.25, -0.2) is 9.97 Å². The number of nitrogens with zero attached hydrogens (tertiary/aromatic N) is 3. The number of aromatic nitrogens is 2. The summed E-state index contributed by atoms with van der Waals surface area (Å²) in [4.78, 5) is 11.0. The molecule has 2 aromatic heterocycles. The number of piperidine rings is 1. The maximum Gasteiger partial charge on any atom is 0.137 e. The van der Waals surface area contributed by atoms with Gasteiger partial charge in [-0.2, -0.15) is 0 Å². The van der Waals surface area contributed by atoms with E-state index in [1.807, 2.05) is 24.3 Å². The highest BCUT2D eigenvalue weighted by atomic mass is 16.5. The van der Waals surface area contributed by atoms with Crippen LogP contribution in [0.4, 0.5) is 11.6 Å². The molecule has 0 saturated carbocycles. The van der Waals surface area contributed by atoms with Crippen LogP contribution in [0.25, 0.3) is 10.8 Å². The van der Waals surface area contributed by atoms with E-state index in [4.69, 9.17) is 10.5 Å². The summed E-state index contributed by atoms with van der Waals surface area (Å²) in [7, 11) is 2.18. The normalized spacial score (nSPS) is 17.5. The first-order valence-electron chi connectivity index (χ1n) is 9.82. The van der Waals surface area contributed by atoms with Crippen molar-refractivity contribution in [3.8, 4) is 5.75 Å². The molecule has 4 rings (SSSR count). The average molecular weight is 377 g/mol. The summed E-state index contributed by atoms with van der Waals surface area (Å²) < 4.78 is 5.94. The number of pyridine rings is 2. The molecule has 28 heavy (non-hydrogen) atoms. The van der Waals surface area contributed by atoms with Crippen molar-refractivity contribution in [3.05, 3.63) is 54.4 Å². The predicted octanol–water partition coefficient (Wildman–Crippen LogP) is 3.54. The molecule has 6 nitrogen and oxygen atoms in total. The van der Waals surface area contributed by atoms with Crippen molar-refractivity contribution >= 4 is 22.4 Å². The minimum atomic E-state index is 0.564. The Morgan fingerprint density at radius 2 is 2.14 bits per heavy atom. The lowest BCUT2D eigenvalue weighted by Gasteiger charge is -2.29. The minimum Gasteiger partial charge on any atom is -0.492 e. The minimum absolute atomic E-state index is 0.564. The van der Waals surface area contributed by atoms with Crippen LogP contribution < -0.4 is 15.8 Å². The Labute approximate surface area is 165 Å². The zero-order valence-electron chi connectivity index (χ0n) is 16.3. The van der Waals surface area contributed by atoms with Crippen LogP contribution >= 0.6 is 0 Å². The summed E-state index contributed by atoms with van der Waals surface area (Å²) in [6.45, 7) is 3.76. The monoisotopic (exact) mass is 377 g/mol. The number of rotatable bonds is 6. The lowest BCUT2D eigenvalue weighted by Crippen LogP contribution is -2.34. The molecule has 0 spiro atoms. The molecular weight excluding hydrogens is 350 g/mol. The van der Waals surface area contributed by atoms with Gasteiger partial charge in [0.1, 0.15) is 17.4 Å². The van der Waals surface area contributed by atoms with Gasteiger partial charge < -0.3 is 20.7 Å². The summed E-state index contributed by atoms with van der Waals surface area (Å²) in [5.41, 5.74) is 7.08. The molecule has 3 heterocycles. The molecule has 1 aliphatic heterocycles. The van der Waals surface area contributed by atoms with Gasteiger partial charge in [0.2, 0.25) is 0 Å². The second kappa shape index (κ2) is 8.44. The standard InChI is InChI=1S/C22H27N5O/c1-27-10-2-3-17(14-27)15-28-19-5-7-21(26-13-19)25-12-16-4-6-20-18(11-16)8-9-24-22(20)23/h4-9,11,13,17H,2-3,10,12,14-15H2,1H3,(H2,23,24)(H,25,26). The molecule has 0 aliphatic carbocycles. The van der Waals surface area contributed by atoms with E-state index < -0.39 is 0 Å². The lowest BCUT2D eigenvalue weighted by molar-refractivity contribution is 0.150. The van der Waals surface area contributed by atoms with Gasteiger partial charge in [-0.1, -0.05) is 12.1 Å². The summed E-state index contributed by atoms with van der Waals surface area (Å²) in [5.74, 6) is 2.83. The van der Waals surface area contributed by atoms with Gasteiger partial charge in [0.15, 0.2) is 0 Å². The molecule has 1 fully saturated rings. The fourth-order valence-corrected chi connectivity index (χ4v) is 3.75. The van der Waals surface area contributed by atoms with E-state index in [0.29, 0.717) is 18.3 Å². The predicted molar refractivity (Wildman–Crippen MR) is 113 cm³/mol. The molecule has 1 saturated heterocycles. The molecule has 1 unspecified atom stereocenters. The van der Waals surface area contributed by atoms with E-state index >= 15 is 0 Å². The van der Waals surface area contributed by atoms with E-state index in [1.165, 1.54) is 24.9 Å². The van der Waals surface area contributed by atoms with Crippen molar-refractivity contribution in [2.75, 3.05) is 37.8 Å². The van der Waals surface area contributed by atoms with Gasteiger partial charge in [0.05, 0.1) is 12.8 Å². The van der Waals surface area contributed by atoms with E-state index in [1.54, 1.807) is 12.4 Å². The third-order valence-corrected chi connectivity index (χ3v) is 5.28. The highest BCUT2D eigenvalue weighted by Gasteiger charge is 2.17. The summed E-state index contributed by atoms with van der Waals surface area (Å²) in [5, 5.41) is 5.43. The Bertz CT molecular complexity index is 928. The number of anilines is 2. The molecule has 3 N–H and O–H groups in total. The van der Waals surface area contributed by atoms with Crippen molar-refractivity contribution in [3.63, 3.8) is 0 Å². The molecule has 1 aliphatic rings. The quantitative estimate of drug-likeness (QED) is 0.684. The van der Waals surface area contributed by atoms with Crippen LogP contribution in [0.15, 0.2) is 48.8 Å². The van der Waals surface area contributed by atoms with Crippen molar-refractivity contribution in [2.24, 2.45) is 5.92 Å². The number of nitrogen functional groups attached to an aromatic ring is 1. The second-order valence-electron chi connectivity index (χ2n) is 7.57. The van der Waals surface area contributed by atoms with Gasteiger partial charge in [-0.15, -0.1) is 0 Å². The Kier molecular flexibility index (Phi) is 5.58. The van der Waals surface area contributed by atoms with Crippen molar-refractivity contribution in [1.82, 2.24) is 14.9 Å². The van der Waals surface area contributed by atoms with Crippen LogP contribution in [0.5, 0.6) is 5.75 Å². The van der Waals surface area contributed by atoms with Gasteiger partial charge in [0.25, 0.3) is 0 Å². The molecule has 1 atom stereocenters. The van der Waals surface area contributed by atoms with E-state index in [9.17, 15) is 0 Å². The summed E-state index contributed by atoms with van der Waals surface area (Å²) in [6, 6.07) is 12.1. The molecule has 146 valence electrons. The Balaban J connectivity index is 1.31. The van der Waals surface area contributed by atoms with Crippen molar-refractivity contribution < 1.29 is 4.74 Å². The molecule has 1 aromatic carbocycles. The lowest BCUT2D eigenvalue weighted by atomic mass is 10.00. The highest BCUT2D eigenvalue weighted by Crippen LogP contribution is 2.21. The first kappa shape index (κ1) is 18.5. The number of nitrogens with one attached hydrogen (secondary N) is 1. The average Bonchev–Trinajstić information content (AvgIpc) is 2.72. The number of nitrogens with two attached hydrogens (primary N) is 1. The summed E-state index contributed by atoms with van der Waals surface area (Å²) >= 11 is 0. The SMILES string of the molecule is CN1CCCC(COc2ccc(NCc3ccc4c(N)nccc4c3)nc2)C1. The first-order valence-corrected chi connectivity index (χ1v) is 9.82.